The van der Waals surface area contributed by atoms with E-state index >= 15 is 0 Å². The number of anilines is 1. The number of alkyl halides is 3. The molecule has 1 aromatic carbocycles. The molecule has 0 aliphatic carbocycles. The van der Waals surface area contributed by atoms with Crippen molar-refractivity contribution in [3.05, 3.63) is 60.7 Å². The van der Waals surface area contributed by atoms with E-state index in [0.717, 1.165) is 54.9 Å². The number of ether oxygens (including phenoxy) is 1. The maximum absolute atomic E-state index is 12.5. The van der Waals surface area contributed by atoms with Gasteiger partial charge in [0.1, 0.15) is 5.65 Å². The van der Waals surface area contributed by atoms with Gasteiger partial charge in [-0.3, -0.25) is 20.0 Å². The van der Waals surface area contributed by atoms with Crippen LogP contribution < -0.4 is 10.6 Å². The smallest absolute Gasteiger partial charge is 0.379 e. The van der Waals surface area contributed by atoms with Crippen LogP contribution in [0.25, 0.3) is 33.4 Å². The van der Waals surface area contributed by atoms with Crippen molar-refractivity contribution in [3.63, 3.8) is 0 Å². The van der Waals surface area contributed by atoms with E-state index in [0.29, 0.717) is 11.3 Å². The van der Waals surface area contributed by atoms with Gasteiger partial charge in [0.15, 0.2) is 5.82 Å². The van der Waals surface area contributed by atoms with Gasteiger partial charge in [-0.05, 0) is 30.2 Å². The van der Waals surface area contributed by atoms with Gasteiger partial charge >= 0.3 is 6.18 Å². The summed E-state index contributed by atoms with van der Waals surface area (Å²) in [5.74, 6) is -0.516. The number of H-pyrrole nitrogens is 1. The van der Waals surface area contributed by atoms with E-state index in [-0.39, 0.29) is 5.82 Å². The fraction of sp³-hybridized carbons (Fsp3) is 0.333. The normalized spacial score (nSPS) is 15.4. The monoisotopic (exact) mass is 539 g/mol. The highest BCUT2D eigenvalue weighted by Crippen LogP contribution is 2.30. The summed E-state index contributed by atoms with van der Waals surface area (Å²) in [6, 6.07) is 9.31. The molecule has 0 unspecified atom stereocenters. The van der Waals surface area contributed by atoms with Gasteiger partial charge in [-0.25, -0.2) is 9.97 Å². The lowest BCUT2D eigenvalue weighted by atomic mass is 10.0. The predicted octanol–water partition coefficient (Wildman–Crippen LogP) is 4.00. The molecular weight excluding hydrogens is 511 g/mol. The average Bonchev–Trinajstić information content (AvgIpc) is 3.35. The van der Waals surface area contributed by atoms with Gasteiger partial charge in [-0.1, -0.05) is 18.2 Å². The predicted molar refractivity (Wildman–Crippen MR) is 141 cm³/mol. The van der Waals surface area contributed by atoms with E-state index in [1.54, 1.807) is 12.4 Å². The molecule has 5 rings (SSSR count). The molecule has 0 saturated carbocycles. The fourth-order valence-electron chi connectivity index (χ4n) is 4.39. The highest BCUT2D eigenvalue weighted by Gasteiger charge is 2.28. The number of nitrogens with one attached hydrogen (secondary N) is 3. The summed E-state index contributed by atoms with van der Waals surface area (Å²) in [6.45, 7) is 4.24. The Labute approximate surface area is 222 Å². The van der Waals surface area contributed by atoms with E-state index in [1.807, 2.05) is 24.4 Å². The minimum absolute atomic E-state index is 0.132. The van der Waals surface area contributed by atoms with Crippen LogP contribution in [-0.2, 0) is 16.1 Å². The van der Waals surface area contributed by atoms with Crippen LogP contribution in [0, 0.1) is 0 Å². The molecule has 12 heteroatoms. The highest BCUT2D eigenvalue weighted by molar-refractivity contribution is 5.96. The summed E-state index contributed by atoms with van der Waals surface area (Å²) < 4.78 is 42.8. The number of benzene rings is 1. The zero-order valence-corrected chi connectivity index (χ0v) is 21.3. The molecule has 4 heterocycles. The summed E-state index contributed by atoms with van der Waals surface area (Å²) in [4.78, 5) is 31.1. The number of carbonyl (C=O) groups is 1. The van der Waals surface area contributed by atoms with Crippen LogP contribution in [0.1, 0.15) is 12.5 Å². The Morgan fingerprint density at radius 1 is 1.15 bits per heavy atom. The largest absolute Gasteiger partial charge is 0.401 e. The van der Waals surface area contributed by atoms with Crippen molar-refractivity contribution < 1.29 is 22.7 Å². The second-order valence-corrected chi connectivity index (χ2v) is 9.41. The van der Waals surface area contributed by atoms with Gasteiger partial charge in [0.2, 0.25) is 5.91 Å². The molecule has 9 nitrogen and oxygen atoms in total. The first-order chi connectivity index (χ1) is 18.7. The molecule has 1 aliphatic heterocycles. The number of hydrogen-bond acceptors (Lipinski definition) is 7. The van der Waals surface area contributed by atoms with Crippen LogP contribution in [0.15, 0.2) is 55.1 Å². The van der Waals surface area contributed by atoms with Crippen molar-refractivity contribution in [3.8, 4) is 22.4 Å². The number of amides is 1. The molecule has 3 aromatic heterocycles. The number of fused-ring (bicyclic) bond motifs is 1. The number of carbonyl (C=O) groups excluding carboxylic acids is 1. The first-order valence-electron chi connectivity index (χ1n) is 12.5. The van der Waals surface area contributed by atoms with Crippen molar-refractivity contribution in [2.45, 2.75) is 25.7 Å². The lowest BCUT2D eigenvalue weighted by Gasteiger charge is -2.26. The Bertz CT molecular complexity index is 1450. The Balaban J connectivity index is 1.35. The van der Waals surface area contributed by atoms with Crippen LogP contribution in [0.3, 0.4) is 0 Å². The second kappa shape index (κ2) is 11.5. The molecule has 0 radical (unpaired) electrons. The number of aromatic amines is 1. The third-order valence-electron chi connectivity index (χ3n) is 6.47. The van der Waals surface area contributed by atoms with Gasteiger partial charge in [0.25, 0.3) is 0 Å². The Morgan fingerprint density at radius 3 is 2.77 bits per heavy atom. The van der Waals surface area contributed by atoms with Crippen LogP contribution in [0.4, 0.5) is 19.0 Å². The third kappa shape index (κ3) is 6.77. The highest BCUT2D eigenvalue weighted by atomic mass is 19.4. The van der Waals surface area contributed by atoms with E-state index in [9.17, 15) is 18.0 Å². The van der Waals surface area contributed by atoms with E-state index < -0.39 is 24.7 Å². The molecule has 1 amide bonds. The summed E-state index contributed by atoms with van der Waals surface area (Å²) in [7, 11) is 0. The minimum atomic E-state index is -4.42. The number of halogens is 3. The quantitative estimate of drug-likeness (QED) is 0.311. The molecule has 1 atom stereocenters. The maximum Gasteiger partial charge on any atom is 0.401 e. The van der Waals surface area contributed by atoms with Gasteiger partial charge in [0, 0.05) is 48.5 Å². The lowest BCUT2D eigenvalue weighted by Crippen LogP contribution is -2.42. The lowest BCUT2D eigenvalue weighted by molar-refractivity contribution is -0.129. The van der Waals surface area contributed by atoms with Crippen molar-refractivity contribution in [1.82, 2.24) is 30.2 Å². The molecule has 4 aromatic rings. The topological polar surface area (TPSA) is 108 Å². The third-order valence-corrected chi connectivity index (χ3v) is 6.47. The first kappa shape index (κ1) is 26.7. The van der Waals surface area contributed by atoms with Gasteiger partial charge in [-0.15, -0.1) is 0 Å². The van der Waals surface area contributed by atoms with Crippen molar-refractivity contribution in [2.75, 3.05) is 38.2 Å². The number of morpholine rings is 1. The van der Waals surface area contributed by atoms with Gasteiger partial charge < -0.3 is 15.0 Å². The summed E-state index contributed by atoms with van der Waals surface area (Å²) in [6.07, 6.45) is 2.06. The van der Waals surface area contributed by atoms with Crippen LogP contribution in [0.5, 0.6) is 0 Å². The van der Waals surface area contributed by atoms with Gasteiger partial charge in [-0.2, -0.15) is 13.2 Å². The number of hydrogen-bond donors (Lipinski definition) is 3. The SMILES string of the molecule is C[C@@H](NCC(F)(F)F)C(=O)Nc1cncc(-c2c[nH]c3ncc(-c4cccc(CN5CCOCC5)c4)cc23)n1. The number of nitrogens with zero attached hydrogens (tertiary/aromatic N) is 4. The Kier molecular flexibility index (Phi) is 7.87. The van der Waals surface area contributed by atoms with E-state index in [2.05, 4.69) is 47.6 Å². The van der Waals surface area contributed by atoms with Crippen molar-refractivity contribution in [1.29, 1.82) is 0 Å². The molecular formula is C27H28F3N7O2. The number of pyridine rings is 1. The first-order valence-corrected chi connectivity index (χ1v) is 12.5. The zero-order valence-electron chi connectivity index (χ0n) is 21.3. The summed E-state index contributed by atoms with van der Waals surface area (Å²) in [5.41, 5.74) is 5.06. The summed E-state index contributed by atoms with van der Waals surface area (Å²) in [5, 5.41) is 5.50. The molecule has 204 valence electrons. The maximum atomic E-state index is 12.5. The van der Waals surface area contributed by atoms with E-state index in [1.165, 1.54) is 18.7 Å². The number of rotatable bonds is 8. The molecule has 1 aliphatic rings. The minimum Gasteiger partial charge on any atom is -0.379 e. The molecule has 39 heavy (non-hydrogen) atoms. The second-order valence-electron chi connectivity index (χ2n) is 9.41. The Hall–Kier alpha value is -3.87. The number of aromatic nitrogens is 4. The van der Waals surface area contributed by atoms with Gasteiger partial charge in [0.05, 0.1) is 43.9 Å². The van der Waals surface area contributed by atoms with E-state index in [4.69, 9.17) is 4.74 Å². The standard InChI is InChI=1S/C27H28F3N7O2/c1-17(34-16-27(28,29)30)26(38)36-24-14-31-13-23(35-24)22-12-33-25-21(22)10-20(11-32-25)19-4-2-3-18(9-19)15-37-5-7-39-8-6-37/h2-4,9-14,17,34H,5-8,15-16H2,1H3,(H,32,33)(H,35,36,38)/t17-/m1/s1. The van der Waals surface area contributed by atoms with Crippen LogP contribution >= 0.6 is 0 Å². The van der Waals surface area contributed by atoms with Crippen LogP contribution in [-0.4, -0.2) is 75.8 Å². The average molecular weight is 540 g/mol. The van der Waals surface area contributed by atoms with Crippen molar-refractivity contribution >= 4 is 22.8 Å². The Morgan fingerprint density at radius 2 is 1.97 bits per heavy atom. The van der Waals surface area contributed by atoms with Crippen molar-refractivity contribution in [2.24, 2.45) is 0 Å². The van der Waals surface area contributed by atoms with Crippen LogP contribution in [0.2, 0.25) is 0 Å². The molecule has 0 bridgehead atoms. The molecule has 3 N–H and O–H groups in total. The molecule has 1 saturated heterocycles. The molecule has 0 spiro atoms. The zero-order chi connectivity index (χ0) is 27.4. The fourth-order valence-corrected chi connectivity index (χ4v) is 4.39. The summed E-state index contributed by atoms with van der Waals surface area (Å²) >= 11 is 0. The molecule has 1 fully saturated rings.